The Bertz CT molecular complexity index is 719. The third-order valence-corrected chi connectivity index (χ3v) is 3.50. The molecule has 0 unspecified atom stereocenters. The normalized spacial score (nSPS) is 11.8. The van der Waals surface area contributed by atoms with Crippen LogP contribution in [0.2, 0.25) is 10.0 Å². The van der Waals surface area contributed by atoms with Gasteiger partial charge in [0.15, 0.2) is 6.10 Å². The van der Waals surface area contributed by atoms with E-state index >= 15 is 0 Å². The second kappa shape index (κ2) is 7.48. The Labute approximate surface area is 141 Å². The zero-order chi connectivity index (χ0) is 17.0. The van der Waals surface area contributed by atoms with Gasteiger partial charge in [0.25, 0.3) is 5.91 Å². The molecule has 1 heterocycles. The highest BCUT2D eigenvalue weighted by molar-refractivity contribution is 6.36. The highest BCUT2D eigenvalue weighted by atomic mass is 35.5. The molecular weight excluding hydrogens is 348 g/mol. The minimum absolute atomic E-state index is 0.0652. The summed E-state index contributed by atoms with van der Waals surface area (Å²) < 4.78 is 23.4. The lowest BCUT2D eigenvalue weighted by Crippen LogP contribution is -2.35. The second-order valence-electron chi connectivity index (χ2n) is 4.59. The maximum Gasteiger partial charge on any atom is 0.340 e. The van der Waals surface area contributed by atoms with Crippen molar-refractivity contribution in [2.45, 2.75) is 19.6 Å². The fourth-order valence-electron chi connectivity index (χ4n) is 1.69. The van der Waals surface area contributed by atoms with Gasteiger partial charge in [-0.15, -0.1) is 0 Å². The van der Waals surface area contributed by atoms with Gasteiger partial charge in [0.05, 0.1) is 28.4 Å². The molecule has 2 rings (SSSR count). The molecule has 1 N–H and O–H groups in total. The lowest BCUT2D eigenvalue weighted by molar-refractivity contribution is -0.129. The molecule has 1 atom stereocenters. The Morgan fingerprint density at radius 3 is 2.74 bits per heavy atom. The maximum atomic E-state index is 13.4. The highest BCUT2D eigenvalue weighted by Gasteiger charge is 2.22. The van der Waals surface area contributed by atoms with Crippen molar-refractivity contribution in [3.05, 3.63) is 57.7 Å². The number of hydrogen-bond donors (Lipinski definition) is 1. The van der Waals surface area contributed by atoms with Gasteiger partial charge >= 0.3 is 5.97 Å². The van der Waals surface area contributed by atoms with Crippen LogP contribution in [0.4, 0.5) is 4.39 Å². The first-order chi connectivity index (χ1) is 10.9. The fraction of sp³-hybridized carbons (Fsp3) is 0.200. The molecule has 0 saturated carbocycles. The molecule has 0 aliphatic rings. The predicted octanol–water partition coefficient (Wildman–Crippen LogP) is 3.59. The molecule has 5 nitrogen and oxygen atoms in total. The number of amides is 1. The number of ether oxygens (including phenoxy) is 1. The summed E-state index contributed by atoms with van der Waals surface area (Å²) in [7, 11) is 0. The monoisotopic (exact) mass is 359 g/mol. The molecule has 122 valence electrons. The first kappa shape index (κ1) is 17.3. The zero-order valence-corrected chi connectivity index (χ0v) is 13.4. The number of nitrogens with one attached hydrogen (secondary N) is 1. The minimum Gasteiger partial charge on any atom is -0.467 e. The number of esters is 1. The molecule has 0 fully saturated rings. The van der Waals surface area contributed by atoms with Crippen LogP contribution in [0.15, 0.2) is 34.9 Å². The number of rotatable bonds is 5. The van der Waals surface area contributed by atoms with Gasteiger partial charge in [-0.1, -0.05) is 23.2 Å². The zero-order valence-electron chi connectivity index (χ0n) is 11.9. The van der Waals surface area contributed by atoms with Crippen LogP contribution in [0.3, 0.4) is 0 Å². The third kappa shape index (κ3) is 4.46. The van der Waals surface area contributed by atoms with Crippen molar-refractivity contribution in [1.29, 1.82) is 0 Å². The summed E-state index contributed by atoms with van der Waals surface area (Å²) in [6, 6.07) is 5.33. The summed E-state index contributed by atoms with van der Waals surface area (Å²) in [4.78, 5) is 23.8. The van der Waals surface area contributed by atoms with E-state index in [1.54, 1.807) is 12.1 Å². The quantitative estimate of drug-likeness (QED) is 0.654. The van der Waals surface area contributed by atoms with E-state index in [4.69, 9.17) is 32.4 Å². The van der Waals surface area contributed by atoms with E-state index in [0.717, 1.165) is 12.1 Å². The standard InChI is InChI=1S/C15H12Cl2FNO4/c1-8(14(20)19-7-9-3-2-4-22-9)23-15(21)10-5-13(18)12(17)6-11(10)16/h2-6,8H,7H2,1H3,(H,19,20)/t8-/m1/s1. The van der Waals surface area contributed by atoms with Crippen molar-refractivity contribution in [3.8, 4) is 0 Å². The summed E-state index contributed by atoms with van der Waals surface area (Å²) in [6.45, 7) is 1.54. The smallest absolute Gasteiger partial charge is 0.340 e. The topological polar surface area (TPSA) is 68.5 Å². The first-order valence-corrected chi connectivity index (χ1v) is 7.29. The van der Waals surface area contributed by atoms with Crippen molar-refractivity contribution in [2.75, 3.05) is 0 Å². The largest absolute Gasteiger partial charge is 0.467 e. The Balaban J connectivity index is 1.96. The van der Waals surface area contributed by atoms with E-state index in [1.807, 2.05) is 0 Å². The predicted molar refractivity (Wildman–Crippen MR) is 81.9 cm³/mol. The minimum atomic E-state index is -1.09. The number of benzene rings is 1. The summed E-state index contributed by atoms with van der Waals surface area (Å²) >= 11 is 11.4. The van der Waals surface area contributed by atoms with E-state index in [1.165, 1.54) is 13.2 Å². The molecule has 0 bridgehead atoms. The number of carbonyl (C=O) groups is 2. The molecule has 0 radical (unpaired) electrons. The van der Waals surface area contributed by atoms with Gasteiger partial charge < -0.3 is 14.5 Å². The van der Waals surface area contributed by atoms with Gasteiger partial charge in [0.2, 0.25) is 0 Å². The Morgan fingerprint density at radius 2 is 2.09 bits per heavy atom. The molecule has 0 aliphatic carbocycles. The van der Waals surface area contributed by atoms with E-state index in [0.29, 0.717) is 5.76 Å². The Morgan fingerprint density at radius 1 is 1.35 bits per heavy atom. The lowest BCUT2D eigenvalue weighted by Gasteiger charge is -2.13. The summed E-state index contributed by atoms with van der Waals surface area (Å²) in [5.74, 6) is -1.70. The Hall–Kier alpha value is -2.05. The van der Waals surface area contributed by atoms with E-state index in [-0.39, 0.29) is 22.2 Å². The van der Waals surface area contributed by atoms with Crippen LogP contribution in [0, 0.1) is 5.82 Å². The van der Waals surface area contributed by atoms with Crippen molar-refractivity contribution in [2.24, 2.45) is 0 Å². The average molecular weight is 360 g/mol. The van der Waals surface area contributed by atoms with Crippen LogP contribution in [-0.2, 0) is 16.1 Å². The summed E-state index contributed by atoms with van der Waals surface area (Å²) in [6.07, 6.45) is 0.384. The van der Waals surface area contributed by atoms with Gasteiger partial charge in [-0.2, -0.15) is 0 Å². The Kier molecular flexibility index (Phi) is 5.63. The summed E-state index contributed by atoms with van der Waals surface area (Å²) in [5.41, 5.74) is -0.209. The molecule has 23 heavy (non-hydrogen) atoms. The third-order valence-electron chi connectivity index (χ3n) is 2.90. The van der Waals surface area contributed by atoms with Crippen molar-refractivity contribution in [3.63, 3.8) is 0 Å². The number of hydrogen-bond acceptors (Lipinski definition) is 4. The highest BCUT2D eigenvalue weighted by Crippen LogP contribution is 2.25. The molecule has 1 aromatic carbocycles. The van der Waals surface area contributed by atoms with Crippen molar-refractivity contribution < 1.29 is 23.1 Å². The van der Waals surface area contributed by atoms with Gasteiger partial charge in [-0.05, 0) is 31.2 Å². The molecule has 1 amide bonds. The first-order valence-electron chi connectivity index (χ1n) is 6.54. The molecule has 0 saturated heterocycles. The number of carbonyl (C=O) groups excluding carboxylic acids is 2. The SMILES string of the molecule is C[C@@H](OC(=O)c1cc(F)c(Cl)cc1Cl)C(=O)NCc1ccco1. The van der Waals surface area contributed by atoms with Gasteiger partial charge in [-0.25, -0.2) is 9.18 Å². The van der Waals surface area contributed by atoms with Crippen LogP contribution < -0.4 is 5.32 Å². The number of halogens is 3. The van der Waals surface area contributed by atoms with Gasteiger partial charge in [0.1, 0.15) is 11.6 Å². The van der Waals surface area contributed by atoms with Crippen LogP contribution in [0.5, 0.6) is 0 Å². The molecule has 2 aromatic rings. The molecule has 1 aromatic heterocycles. The fourth-order valence-corrected chi connectivity index (χ4v) is 2.15. The summed E-state index contributed by atoms with van der Waals surface area (Å²) in [5, 5.41) is 2.26. The molecule has 0 spiro atoms. The molecule has 8 heteroatoms. The van der Waals surface area contributed by atoms with E-state index in [2.05, 4.69) is 5.32 Å². The van der Waals surface area contributed by atoms with Crippen molar-refractivity contribution >= 4 is 35.1 Å². The van der Waals surface area contributed by atoms with Gasteiger partial charge in [-0.3, -0.25) is 4.79 Å². The number of furan rings is 1. The maximum absolute atomic E-state index is 13.4. The second-order valence-corrected chi connectivity index (χ2v) is 5.41. The lowest BCUT2D eigenvalue weighted by atomic mass is 10.2. The van der Waals surface area contributed by atoms with Crippen LogP contribution in [0.25, 0.3) is 0 Å². The van der Waals surface area contributed by atoms with E-state index < -0.39 is 23.8 Å². The molecule has 0 aliphatic heterocycles. The van der Waals surface area contributed by atoms with Gasteiger partial charge in [0, 0.05) is 0 Å². The van der Waals surface area contributed by atoms with Crippen LogP contribution in [-0.4, -0.2) is 18.0 Å². The average Bonchev–Trinajstić information content (AvgIpc) is 3.01. The van der Waals surface area contributed by atoms with Crippen LogP contribution >= 0.6 is 23.2 Å². The molecular formula is C15H12Cl2FNO4. The van der Waals surface area contributed by atoms with E-state index in [9.17, 15) is 14.0 Å². The van der Waals surface area contributed by atoms with Crippen LogP contribution in [0.1, 0.15) is 23.0 Å². The van der Waals surface area contributed by atoms with Crippen molar-refractivity contribution in [1.82, 2.24) is 5.32 Å².